The van der Waals surface area contributed by atoms with Gasteiger partial charge in [0.25, 0.3) is 0 Å². The number of aldehydes is 1. The lowest BCUT2D eigenvalue weighted by molar-refractivity contribution is -0.278. The van der Waals surface area contributed by atoms with Crippen molar-refractivity contribution in [2.75, 3.05) is 13.2 Å². The monoisotopic (exact) mass is 960 g/mol. The van der Waals surface area contributed by atoms with E-state index >= 15 is 9.59 Å². The Hall–Kier alpha value is -6.83. The molecule has 0 saturated carbocycles. The molecule has 0 aromatic heterocycles. The van der Waals surface area contributed by atoms with Crippen LogP contribution in [-0.2, 0) is 40.1 Å². The number of carbonyl (C=O) groups is 4. The molecule has 3 aliphatic rings. The number of carbonyl (C=O) groups excluding carboxylic acids is 4. The second kappa shape index (κ2) is 21.9. The van der Waals surface area contributed by atoms with Gasteiger partial charge in [0.05, 0.1) is 49.7 Å². The van der Waals surface area contributed by atoms with Crippen LogP contribution in [0, 0.1) is 11.8 Å². The van der Waals surface area contributed by atoms with Gasteiger partial charge in [-0.2, -0.15) is 0 Å². The Morgan fingerprint density at radius 2 is 1.71 bits per heavy atom. The number of guanidine groups is 1. The maximum atomic E-state index is 15.7. The molecule has 1 fully saturated rings. The van der Waals surface area contributed by atoms with Crippen molar-refractivity contribution in [1.82, 2.24) is 0 Å². The van der Waals surface area contributed by atoms with Gasteiger partial charge >= 0.3 is 5.97 Å². The number of ether oxygens (including phenoxy) is 4. The van der Waals surface area contributed by atoms with Gasteiger partial charge in [0, 0.05) is 58.7 Å². The fraction of sp³-hybridized carbons (Fsp3) is 0.353. The van der Waals surface area contributed by atoms with Crippen LogP contribution in [0.4, 0.5) is 0 Å². The van der Waals surface area contributed by atoms with Crippen molar-refractivity contribution in [3.63, 3.8) is 0 Å². The van der Waals surface area contributed by atoms with Gasteiger partial charge in [-0.15, -0.1) is 0 Å². The summed E-state index contributed by atoms with van der Waals surface area (Å²) in [6.07, 6.45) is -5.61. The minimum absolute atomic E-state index is 0.0237. The molecule has 0 unspecified atom stereocenters. The van der Waals surface area contributed by atoms with Crippen LogP contribution in [0.2, 0.25) is 0 Å². The van der Waals surface area contributed by atoms with Crippen LogP contribution in [0.25, 0.3) is 12.2 Å². The molecule has 4 aromatic carbocycles. The van der Waals surface area contributed by atoms with E-state index in [2.05, 4.69) is 16.8 Å². The molecule has 7 rings (SSSR count). The predicted molar refractivity (Wildman–Crippen MR) is 256 cm³/mol. The van der Waals surface area contributed by atoms with Gasteiger partial charge in [-0.25, -0.2) is 0 Å². The number of nitrogens with two attached hydrogens (primary N) is 5. The van der Waals surface area contributed by atoms with Gasteiger partial charge in [-0.1, -0.05) is 60.4 Å². The number of ketones is 2. The zero-order valence-electron chi connectivity index (χ0n) is 38.5. The molecule has 1 heterocycles. The second-order valence-corrected chi connectivity index (χ2v) is 17.3. The van der Waals surface area contributed by atoms with Gasteiger partial charge < -0.3 is 73.1 Å². The molecule has 0 spiro atoms. The second-order valence-electron chi connectivity index (χ2n) is 17.3. The van der Waals surface area contributed by atoms with Crippen molar-refractivity contribution in [1.29, 1.82) is 0 Å². The minimum atomic E-state index is -1.66. The third-order valence-electron chi connectivity index (χ3n) is 12.4. The highest BCUT2D eigenvalue weighted by molar-refractivity contribution is 6.32. The molecular formula is C51H56N6O13. The van der Waals surface area contributed by atoms with Crippen LogP contribution in [-0.4, -0.2) is 111 Å². The normalized spacial score (nSPS) is 22.5. The summed E-state index contributed by atoms with van der Waals surface area (Å²) in [5.41, 5.74) is 29.8. The number of phenolic OH excluding ortho intramolecular Hbond substituents is 1. The van der Waals surface area contributed by atoms with Crippen molar-refractivity contribution in [3.8, 4) is 29.1 Å². The van der Waals surface area contributed by atoms with Crippen molar-refractivity contribution >= 4 is 41.9 Å². The number of hydrogen-bond acceptors (Lipinski definition) is 17. The molecule has 70 heavy (non-hydrogen) atoms. The Morgan fingerprint density at radius 3 is 2.41 bits per heavy atom. The Kier molecular flexibility index (Phi) is 15.9. The van der Waals surface area contributed by atoms with E-state index in [0.717, 1.165) is 12.5 Å². The number of phenols is 1. The van der Waals surface area contributed by atoms with Gasteiger partial charge in [0.1, 0.15) is 35.6 Å². The highest BCUT2D eigenvalue weighted by atomic mass is 16.7. The molecule has 0 radical (unpaired) electrons. The first-order valence-corrected chi connectivity index (χ1v) is 22.5. The molecule has 4 bridgehead atoms. The van der Waals surface area contributed by atoms with Gasteiger partial charge in [-0.3, -0.25) is 24.2 Å². The first-order valence-electron chi connectivity index (χ1n) is 22.5. The Balaban J connectivity index is 1.56. The zero-order chi connectivity index (χ0) is 50.6. The van der Waals surface area contributed by atoms with E-state index in [1.807, 2.05) is 12.1 Å². The highest BCUT2D eigenvalue weighted by Crippen LogP contribution is 2.48. The summed E-state index contributed by atoms with van der Waals surface area (Å²) < 4.78 is 24.5. The number of aliphatic hydroxyl groups excluding tert-OH is 4. The number of aliphatic hydroxyl groups is 4. The summed E-state index contributed by atoms with van der Waals surface area (Å²) >= 11 is 0. The van der Waals surface area contributed by atoms with E-state index < -0.39 is 96.5 Å². The smallest absolute Gasteiger partial charge is 0.308 e. The predicted octanol–water partition coefficient (Wildman–Crippen LogP) is 1.15. The lowest BCUT2D eigenvalue weighted by atomic mass is 9.75. The molecule has 1 aliphatic heterocycles. The highest BCUT2D eigenvalue weighted by Gasteiger charge is 2.47. The summed E-state index contributed by atoms with van der Waals surface area (Å²) in [7, 11) is 0. The number of aliphatic imine (C=N–C) groups is 1. The maximum absolute atomic E-state index is 15.7. The van der Waals surface area contributed by atoms with E-state index in [9.17, 15) is 35.1 Å². The molecule has 15 N–H and O–H groups in total. The van der Waals surface area contributed by atoms with Crippen molar-refractivity contribution in [2.24, 2.45) is 33.7 Å². The van der Waals surface area contributed by atoms with Gasteiger partial charge in [0.2, 0.25) is 6.29 Å². The number of aromatic hydroxyl groups is 1. The average Bonchev–Trinajstić information content (AvgIpc) is 3.31. The van der Waals surface area contributed by atoms with Crippen molar-refractivity contribution in [2.45, 2.75) is 102 Å². The average molecular weight is 961 g/mol. The van der Waals surface area contributed by atoms with Crippen molar-refractivity contribution in [3.05, 3.63) is 121 Å². The van der Waals surface area contributed by atoms with Crippen molar-refractivity contribution < 1.29 is 63.7 Å². The van der Waals surface area contributed by atoms with Crippen LogP contribution < -0.4 is 38.1 Å². The molecule has 0 amide bonds. The number of fused-ring (bicyclic) bond motifs is 2. The largest absolute Gasteiger partial charge is 0.507 e. The van der Waals surface area contributed by atoms with Crippen LogP contribution >= 0.6 is 0 Å². The third kappa shape index (κ3) is 10.7. The molecule has 4 aromatic rings. The van der Waals surface area contributed by atoms with E-state index in [0.29, 0.717) is 11.8 Å². The number of hydrogen-bond donors (Lipinski definition) is 10. The molecule has 19 nitrogen and oxygen atoms in total. The lowest BCUT2D eigenvalue weighted by Gasteiger charge is -2.41. The molecule has 19 heteroatoms. The van der Waals surface area contributed by atoms with E-state index in [4.69, 9.17) is 47.6 Å². The lowest BCUT2D eigenvalue weighted by Crippen LogP contribution is -2.59. The topological polar surface area (TPSA) is 349 Å². The summed E-state index contributed by atoms with van der Waals surface area (Å²) in [5, 5.41) is 57.0. The molecule has 368 valence electrons. The fourth-order valence-electron chi connectivity index (χ4n) is 9.03. The van der Waals surface area contributed by atoms with Crippen LogP contribution in [0.15, 0.2) is 53.5 Å². The standard InChI is InChI=1S/C51H56N6O13/c1-24-42(62)46(66)48(67-17-16-57-51(55)56)50(68-24)70-47-34-11-5-9-30(52)13-14-31(61)19-27-7-3-6-26(18-27)12-15-33-37(69-25(2)60)21-29(22-58)38-39(33)45(65)40(34)41(44(38)64)43(63)35(47)20-28-8-4-10-32(49(53)54)36(28)23-59/h3-4,6-8,10,12,15,18,21,23-24,30-31,42,46,48-50,58,61-63,66H,11,13-14,16-17,19-20,22,52-54H2,1-2H3,(H4,55,56,57)/b15-12+/t24-,30-,31-,42+,46+,48+,50+/m0/s1. The fourth-order valence-corrected chi connectivity index (χ4v) is 9.03. The maximum Gasteiger partial charge on any atom is 0.308 e. The van der Waals surface area contributed by atoms with E-state index in [-0.39, 0.29) is 106 Å². The van der Waals surface area contributed by atoms with E-state index in [1.54, 1.807) is 36.4 Å². The number of esters is 1. The van der Waals surface area contributed by atoms with Gasteiger partial charge in [-0.05, 0) is 66.1 Å². The summed E-state index contributed by atoms with van der Waals surface area (Å²) in [5.74, 6) is 1.96. The van der Waals surface area contributed by atoms with Crippen LogP contribution in [0.1, 0.15) is 120 Å². The number of benzene rings is 4. The zero-order valence-corrected chi connectivity index (χ0v) is 38.5. The van der Waals surface area contributed by atoms with Crippen LogP contribution in [0.5, 0.6) is 17.2 Å². The Labute approximate surface area is 402 Å². The number of rotatable bonds is 12. The van der Waals surface area contributed by atoms with E-state index in [1.165, 1.54) is 19.1 Å². The quantitative estimate of drug-likeness (QED) is 0.0123. The molecule has 2 aliphatic carbocycles. The summed E-state index contributed by atoms with van der Waals surface area (Å²) in [6, 6.07) is 12.4. The SMILES string of the molecule is CC(=O)Oc1cc(CO)c2c3c1/C=C/c1cccc(c1)C[C@@H](O)CC[C@@H](N)C#CCc1c(O[C@H]4O[C@@H](C)[C@@H](O)[C@@H](O)[C@H]4OCCN=C(N)N)c(Cc4cccc(C(N)N)c4C=O)c(O)c(c1C3=O)C2=O. The Bertz CT molecular complexity index is 2830. The molecule has 7 atom stereocenters. The third-order valence-corrected chi connectivity index (χ3v) is 12.4. The molecular weight excluding hydrogens is 905 g/mol. The Morgan fingerprint density at radius 1 is 0.971 bits per heavy atom. The first kappa shape index (κ1) is 51.0. The van der Waals surface area contributed by atoms with Gasteiger partial charge in [0.15, 0.2) is 23.8 Å². The first-order chi connectivity index (χ1) is 33.4. The summed E-state index contributed by atoms with van der Waals surface area (Å²) in [4.78, 5) is 60.4. The summed E-state index contributed by atoms with van der Waals surface area (Å²) in [6.45, 7) is 1.51. The number of nitrogens with zero attached hydrogens (tertiary/aromatic N) is 1. The minimum Gasteiger partial charge on any atom is -0.507 e. The van der Waals surface area contributed by atoms with Crippen LogP contribution in [0.3, 0.4) is 0 Å². The molecule has 1 saturated heterocycles.